The Morgan fingerprint density at radius 2 is 1.56 bits per heavy atom. The van der Waals surface area contributed by atoms with E-state index in [2.05, 4.69) is 10.0 Å². The van der Waals surface area contributed by atoms with Crippen LogP contribution in [0.2, 0.25) is 0 Å². The number of non-ortho nitro benzene ring substituents is 1. The molecular formula is C20H14F3N3O5S. The van der Waals surface area contributed by atoms with E-state index in [1.54, 1.807) is 0 Å². The zero-order valence-corrected chi connectivity index (χ0v) is 16.8. The minimum atomic E-state index is -4.62. The number of nitro benzene ring substituents is 1. The first-order valence-corrected chi connectivity index (χ1v) is 10.3. The minimum Gasteiger partial charge on any atom is -0.322 e. The van der Waals surface area contributed by atoms with Crippen molar-refractivity contribution in [2.75, 3.05) is 10.0 Å². The van der Waals surface area contributed by atoms with E-state index in [1.165, 1.54) is 36.4 Å². The molecule has 8 nitrogen and oxygen atoms in total. The van der Waals surface area contributed by atoms with Gasteiger partial charge in [-0.3, -0.25) is 19.6 Å². The average molecular weight is 465 g/mol. The maximum absolute atomic E-state index is 12.8. The molecule has 3 aromatic carbocycles. The van der Waals surface area contributed by atoms with E-state index in [9.17, 15) is 36.5 Å². The number of rotatable bonds is 6. The predicted octanol–water partition coefficient (Wildman–Crippen LogP) is 4.67. The molecule has 166 valence electrons. The van der Waals surface area contributed by atoms with Gasteiger partial charge in [0, 0.05) is 29.1 Å². The first kappa shape index (κ1) is 22.7. The lowest BCUT2D eigenvalue weighted by Gasteiger charge is -2.12. The van der Waals surface area contributed by atoms with Crippen LogP contribution in [0, 0.1) is 10.1 Å². The van der Waals surface area contributed by atoms with Gasteiger partial charge in [-0.2, -0.15) is 13.2 Å². The summed E-state index contributed by atoms with van der Waals surface area (Å²) >= 11 is 0. The number of alkyl halides is 3. The van der Waals surface area contributed by atoms with Crippen LogP contribution in [0.4, 0.5) is 30.2 Å². The van der Waals surface area contributed by atoms with Crippen LogP contribution in [0.15, 0.2) is 77.7 Å². The fourth-order valence-corrected chi connectivity index (χ4v) is 3.70. The van der Waals surface area contributed by atoms with E-state index in [0.29, 0.717) is 6.07 Å². The van der Waals surface area contributed by atoms with Gasteiger partial charge in [-0.15, -0.1) is 0 Å². The number of nitrogens with zero attached hydrogens (tertiary/aromatic N) is 1. The molecule has 0 atom stereocenters. The highest BCUT2D eigenvalue weighted by Gasteiger charge is 2.30. The van der Waals surface area contributed by atoms with Crippen molar-refractivity contribution in [1.82, 2.24) is 0 Å². The quantitative estimate of drug-likeness (QED) is 0.405. The number of benzene rings is 3. The molecule has 2 N–H and O–H groups in total. The van der Waals surface area contributed by atoms with Crippen molar-refractivity contribution in [3.63, 3.8) is 0 Å². The summed E-state index contributed by atoms with van der Waals surface area (Å²) in [5, 5.41) is 13.3. The number of nitrogens with one attached hydrogen (secondary N) is 2. The van der Waals surface area contributed by atoms with Gasteiger partial charge in [0.2, 0.25) is 0 Å². The number of halogens is 3. The molecule has 0 aliphatic carbocycles. The molecule has 32 heavy (non-hydrogen) atoms. The van der Waals surface area contributed by atoms with E-state index >= 15 is 0 Å². The van der Waals surface area contributed by atoms with E-state index in [0.717, 1.165) is 30.3 Å². The number of carbonyl (C=O) groups excluding carboxylic acids is 1. The van der Waals surface area contributed by atoms with Gasteiger partial charge in [0.15, 0.2) is 0 Å². The highest BCUT2D eigenvalue weighted by molar-refractivity contribution is 7.92. The summed E-state index contributed by atoms with van der Waals surface area (Å²) < 4.78 is 65.5. The number of hydrogen-bond donors (Lipinski definition) is 2. The largest absolute Gasteiger partial charge is 0.416 e. The van der Waals surface area contributed by atoms with Crippen LogP contribution in [0.3, 0.4) is 0 Å². The first-order valence-electron chi connectivity index (χ1n) is 8.82. The summed E-state index contributed by atoms with van der Waals surface area (Å²) in [7, 11) is -4.19. The van der Waals surface area contributed by atoms with E-state index < -0.39 is 32.6 Å². The molecule has 0 saturated heterocycles. The van der Waals surface area contributed by atoms with E-state index in [1.807, 2.05) is 0 Å². The highest BCUT2D eigenvalue weighted by atomic mass is 32.2. The van der Waals surface area contributed by atoms with Crippen LogP contribution in [-0.4, -0.2) is 19.2 Å². The van der Waals surface area contributed by atoms with Gasteiger partial charge in [-0.1, -0.05) is 12.1 Å². The third-order valence-corrected chi connectivity index (χ3v) is 5.58. The topological polar surface area (TPSA) is 118 Å². The van der Waals surface area contributed by atoms with Crippen molar-refractivity contribution in [3.8, 4) is 0 Å². The second-order valence-electron chi connectivity index (χ2n) is 6.47. The summed E-state index contributed by atoms with van der Waals surface area (Å²) in [6.45, 7) is 0. The molecule has 0 heterocycles. The standard InChI is InChI=1S/C20H14F3N3O5S/c21-20(22,23)14-4-2-5-16(12-14)25-32(30,31)18-9-7-15(8-10-18)24-19(27)13-3-1-6-17(11-13)26(28)29/h1-12,25H,(H,24,27). The minimum absolute atomic E-state index is 0.0297. The number of carbonyl (C=O) groups is 1. The number of hydrogen-bond acceptors (Lipinski definition) is 5. The number of nitro groups is 1. The lowest BCUT2D eigenvalue weighted by Crippen LogP contribution is -2.15. The Hall–Kier alpha value is -3.93. The first-order chi connectivity index (χ1) is 15.0. The molecule has 0 aliphatic rings. The van der Waals surface area contributed by atoms with Crippen LogP contribution >= 0.6 is 0 Å². The smallest absolute Gasteiger partial charge is 0.322 e. The van der Waals surface area contributed by atoms with Crippen LogP contribution in [-0.2, 0) is 16.2 Å². The van der Waals surface area contributed by atoms with Gasteiger partial charge >= 0.3 is 6.18 Å². The predicted molar refractivity (Wildman–Crippen MR) is 110 cm³/mol. The average Bonchev–Trinajstić information content (AvgIpc) is 2.73. The maximum Gasteiger partial charge on any atom is 0.416 e. The molecule has 0 fully saturated rings. The van der Waals surface area contributed by atoms with Crippen LogP contribution < -0.4 is 10.0 Å². The Labute approximate surface area is 179 Å². The summed E-state index contributed by atoms with van der Waals surface area (Å²) in [5.41, 5.74) is -1.29. The number of amides is 1. The molecular weight excluding hydrogens is 451 g/mol. The van der Waals surface area contributed by atoms with E-state index in [4.69, 9.17) is 0 Å². The number of sulfonamides is 1. The van der Waals surface area contributed by atoms with Crippen molar-refractivity contribution in [2.45, 2.75) is 11.1 Å². The molecule has 0 radical (unpaired) electrons. The van der Waals surface area contributed by atoms with Gasteiger partial charge in [-0.05, 0) is 48.5 Å². The molecule has 0 aliphatic heterocycles. The lowest BCUT2D eigenvalue weighted by molar-refractivity contribution is -0.384. The third-order valence-electron chi connectivity index (χ3n) is 4.18. The molecule has 0 aromatic heterocycles. The zero-order valence-electron chi connectivity index (χ0n) is 16.0. The molecule has 12 heteroatoms. The summed E-state index contributed by atoms with van der Waals surface area (Å²) in [5.74, 6) is -0.647. The summed E-state index contributed by atoms with van der Waals surface area (Å²) in [4.78, 5) is 22.2. The second kappa shape index (κ2) is 8.67. The molecule has 0 bridgehead atoms. The fourth-order valence-electron chi connectivity index (χ4n) is 2.65. The Kier molecular flexibility index (Phi) is 6.16. The van der Waals surface area contributed by atoms with Gasteiger partial charge in [0.25, 0.3) is 21.6 Å². The SMILES string of the molecule is O=C(Nc1ccc(S(=O)(=O)Nc2cccc(C(F)(F)F)c2)cc1)c1cccc([N+](=O)[O-])c1. The molecule has 0 unspecified atom stereocenters. The lowest BCUT2D eigenvalue weighted by atomic mass is 10.2. The highest BCUT2D eigenvalue weighted by Crippen LogP contribution is 2.31. The Bertz CT molecular complexity index is 1280. The van der Waals surface area contributed by atoms with Gasteiger partial charge in [-0.25, -0.2) is 8.42 Å². The van der Waals surface area contributed by atoms with Crippen LogP contribution in [0.5, 0.6) is 0 Å². The number of anilines is 2. The van der Waals surface area contributed by atoms with Crippen molar-refractivity contribution >= 4 is 33.0 Å². The molecule has 3 aromatic rings. The molecule has 1 amide bonds. The summed E-state index contributed by atoms with van der Waals surface area (Å²) in [6, 6.07) is 13.6. The Balaban J connectivity index is 1.74. The summed E-state index contributed by atoms with van der Waals surface area (Å²) in [6.07, 6.45) is -4.62. The van der Waals surface area contributed by atoms with Crippen LogP contribution in [0.1, 0.15) is 15.9 Å². The van der Waals surface area contributed by atoms with E-state index in [-0.39, 0.29) is 27.5 Å². The van der Waals surface area contributed by atoms with Gasteiger partial charge in [0.1, 0.15) is 0 Å². The van der Waals surface area contributed by atoms with Crippen LogP contribution in [0.25, 0.3) is 0 Å². The fraction of sp³-hybridized carbons (Fsp3) is 0.0500. The molecule has 0 saturated carbocycles. The third kappa shape index (κ3) is 5.40. The Morgan fingerprint density at radius 3 is 2.19 bits per heavy atom. The van der Waals surface area contributed by atoms with Crippen molar-refractivity contribution in [2.24, 2.45) is 0 Å². The zero-order chi connectivity index (χ0) is 23.5. The second-order valence-corrected chi connectivity index (χ2v) is 8.15. The van der Waals surface area contributed by atoms with Gasteiger partial charge < -0.3 is 5.32 Å². The monoisotopic (exact) mass is 465 g/mol. The van der Waals surface area contributed by atoms with Crippen molar-refractivity contribution in [1.29, 1.82) is 0 Å². The van der Waals surface area contributed by atoms with Gasteiger partial charge in [0.05, 0.1) is 15.4 Å². The maximum atomic E-state index is 12.8. The Morgan fingerprint density at radius 1 is 0.906 bits per heavy atom. The normalized spacial score (nSPS) is 11.6. The molecule has 3 rings (SSSR count). The molecule has 0 spiro atoms. The van der Waals surface area contributed by atoms with Crippen molar-refractivity contribution < 1.29 is 31.3 Å². The van der Waals surface area contributed by atoms with Crippen molar-refractivity contribution in [3.05, 3.63) is 94.0 Å².